The van der Waals surface area contributed by atoms with E-state index in [1.807, 2.05) is 4.72 Å². The summed E-state index contributed by atoms with van der Waals surface area (Å²) in [5.74, 6) is -6.03. The molecule has 0 saturated carbocycles. The zero-order chi connectivity index (χ0) is 26.7. The third kappa shape index (κ3) is 4.00. The Morgan fingerprint density at radius 2 is 1.92 bits per heavy atom. The van der Waals surface area contributed by atoms with Crippen LogP contribution in [-0.2, 0) is 22.5 Å². The monoisotopic (exact) mass is 540 g/mol. The molecule has 5 rings (SSSR count). The van der Waals surface area contributed by atoms with Crippen molar-refractivity contribution in [1.82, 2.24) is 19.0 Å². The number of rotatable bonds is 7. The fourth-order valence-corrected chi connectivity index (χ4v) is 5.18. The van der Waals surface area contributed by atoms with Crippen LogP contribution >= 0.6 is 0 Å². The van der Waals surface area contributed by atoms with Crippen LogP contribution in [0.5, 0.6) is 5.75 Å². The number of fused-ring (bicyclic) bond motifs is 2. The molecule has 0 unspecified atom stereocenters. The Morgan fingerprint density at radius 1 is 1.22 bits per heavy atom. The summed E-state index contributed by atoms with van der Waals surface area (Å²) in [4.78, 5) is 13.2. The van der Waals surface area contributed by atoms with Gasteiger partial charge in [-0.05, 0) is 32.0 Å². The summed E-state index contributed by atoms with van der Waals surface area (Å²) in [6, 6.07) is 4.15. The van der Waals surface area contributed by atoms with Crippen LogP contribution in [0.2, 0.25) is 0 Å². The van der Waals surface area contributed by atoms with Crippen LogP contribution in [-0.4, -0.2) is 41.1 Å². The van der Waals surface area contributed by atoms with E-state index >= 15 is 8.78 Å². The summed E-state index contributed by atoms with van der Waals surface area (Å²) >= 11 is 0. The maximum absolute atomic E-state index is 15.1. The Bertz CT molecular complexity index is 1670. The van der Waals surface area contributed by atoms with Crippen LogP contribution in [0.1, 0.15) is 19.5 Å². The number of sulfonamides is 1. The van der Waals surface area contributed by atoms with Gasteiger partial charge in [-0.3, -0.25) is 4.57 Å². The van der Waals surface area contributed by atoms with Crippen molar-refractivity contribution in [1.29, 1.82) is 0 Å². The number of hydrogen-bond donors (Lipinski definition) is 1. The predicted octanol–water partition coefficient (Wildman–Crippen LogP) is 3.54. The Labute approximate surface area is 207 Å². The van der Waals surface area contributed by atoms with Gasteiger partial charge in [-0.15, -0.1) is 0 Å². The van der Waals surface area contributed by atoms with Crippen LogP contribution in [0.15, 0.2) is 45.8 Å². The van der Waals surface area contributed by atoms with Crippen molar-refractivity contribution in [2.45, 2.75) is 32.4 Å². The number of hydrogen-bond acceptors (Lipinski definition) is 6. The van der Waals surface area contributed by atoms with Gasteiger partial charge in [0.1, 0.15) is 29.1 Å². The van der Waals surface area contributed by atoms with Gasteiger partial charge in [0.2, 0.25) is 10.0 Å². The lowest BCUT2D eigenvalue weighted by molar-refractivity contribution is -0.0248. The van der Waals surface area contributed by atoms with Crippen molar-refractivity contribution in [3.8, 4) is 22.7 Å². The summed E-state index contributed by atoms with van der Waals surface area (Å²) in [6.07, 6.45) is 0.817. The standard InChI is InChI=1S/C23H20F4N4O5S/c1-3-35-12-8-13(19-14(24)6-5-7-15(19)25)20-16(9-12)36-28-21(20)31-11-18-23(26,27)17(10-30(18)22(31)32)29-37(33,34)4-2/h5-9,11,17,29H,3-4,10H2,1-2H3/t17-/m1/s1. The van der Waals surface area contributed by atoms with E-state index < -0.39 is 62.9 Å². The largest absolute Gasteiger partial charge is 0.494 e. The van der Waals surface area contributed by atoms with E-state index in [2.05, 4.69) is 5.16 Å². The molecule has 3 heterocycles. The smallest absolute Gasteiger partial charge is 0.334 e. The maximum Gasteiger partial charge on any atom is 0.334 e. The SMILES string of the molecule is CCOc1cc(-c2c(F)cccc2F)c2c(-n3cc4n(c3=O)C[C@@H](NS(=O)(=O)CC)C4(F)F)noc2c1. The van der Waals surface area contributed by atoms with Crippen LogP contribution in [0.4, 0.5) is 17.6 Å². The van der Waals surface area contributed by atoms with Crippen molar-refractivity contribution in [3.63, 3.8) is 0 Å². The fourth-order valence-electron chi connectivity index (χ4n) is 4.36. The molecule has 0 fully saturated rings. The highest BCUT2D eigenvalue weighted by Gasteiger charge is 2.52. The first-order valence-corrected chi connectivity index (χ1v) is 12.8. The average molecular weight is 540 g/mol. The minimum atomic E-state index is -3.98. The number of aromatic nitrogens is 3. The molecule has 14 heteroatoms. The van der Waals surface area contributed by atoms with Crippen LogP contribution in [0.25, 0.3) is 27.9 Å². The van der Waals surface area contributed by atoms with Gasteiger partial charge >= 0.3 is 11.6 Å². The number of nitrogens with zero attached hydrogens (tertiary/aromatic N) is 3. The van der Waals surface area contributed by atoms with E-state index in [0.29, 0.717) is 0 Å². The summed E-state index contributed by atoms with van der Waals surface area (Å²) in [5, 5.41) is 3.83. The number of benzene rings is 2. The van der Waals surface area contributed by atoms with E-state index in [-0.39, 0.29) is 34.7 Å². The number of nitrogens with one attached hydrogen (secondary N) is 1. The molecule has 1 N–H and O–H groups in total. The molecule has 196 valence electrons. The zero-order valence-electron chi connectivity index (χ0n) is 19.5. The third-order valence-corrected chi connectivity index (χ3v) is 7.53. The predicted molar refractivity (Wildman–Crippen MR) is 124 cm³/mol. The van der Waals surface area contributed by atoms with Gasteiger partial charge in [0, 0.05) is 17.8 Å². The number of imidazole rings is 1. The molecule has 1 aliphatic rings. The van der Waals surface area contributed by atoms with Gasteiger partial charge in [-0.2, -0.15) is 8.78 Å². The molecule has 9 nitrogen and oxygen atoms in total. The van der Waals surface area contributed by atoms with Gasteiger partial charge in [0.15, 0.2) is 11.4 Å². The molecule has 0 radical (unpaired) electrons. The zero-order valence-corrected chi connectivity index (χ0v) is 20.3. The highest BCUT2D eigenvalue weighted by molar-refractivity contribution is 7.89. The quantitative estimate of drug-likeness (QED) is 0.360. The first kappa shape index (κ1) is 25.0. The second-order valence-corrected chi connectivity index (χ2v) is 10.4. The highest BCUT2D eigenvalue weighted by atomic mass is 32.2. The van der Waals surface area contributed by atoms with Gasteiger partial charge in [-0.25, -0.2) is 31.3 Å². The second-order valence-electron chi connectivity index (χ2n) is 8.35. The van der Waals surface area contributed by atoms with Crippen LogP contribution < -0.4 is 15.1 Å². The van der Waals surface area contributed by atoms with Crippen molar-refractivity contribution >= 4 is 21.0 Å². The number of alkyl halides is 2. The Hall–Kier alpha value is -3.65. The molecule has 0 amide bonds. The minimum absolute atomic E-state index is 0.00259. The van der Waals surface area contributed by atoms with Gasteiger partial charge in [0.25, 0.3) is 0 Å². The summed E-state index contributed by atoms with van der Waals surface area (Å²) in [6.45, 7) is 2.60. The van der Waals surface area contributed by atoms with Crippen LogP contribution in [0.3, 0.4) is 0 Å². The van der Waals surface area contributed by atoms with E-state index in [0.717, 1.165) is 27.5 Å². The fraction of sp³-hybridized carbons (Fsp3) is 0.304. The van der Waals surface area contributed by atoms with Crippen molar-refractivity contribution in [3.05, 3.63) is 64.3 Å². The van der Waals surface area contributed by atoms with E-state index in [9.17, 15) is 22.0 Å². The van der Waals surface area contributed by atoms with E-state index in [1.54, 1.807) is 6.92 Å². The van der Waals surface area contributed by atoms with Gasteiger partial charge in [-0.1, -0.05) is 11.2 Å². The molecular formula is C23H20F4N4O5S. The molecule has 37 heavy (non-hydrogen) atoms. The molecule has 1 aliphatic heterocycles. The third-order valence-electron chi connectivity index (χ3n) is 6.13. The molecule has 1 atom stereocenters. The minimum Gasteiger partial charge on any atom is -0.494 e. The lowest BCUT2D eigenvalue weighted by Crippen LogP contribution is -2.45. The molecule has 0 aliphatic carbocycles. The molecule has 0 saturated heterocycles. The van der Waals surface area contributed by atoms with Gasteiger partial charge in [0.05, 0.1) is 29.9 Å². The molecule has 0 bridgehead atoms. The lowest BCUT2D eigenvalue weighted by Gasteiger charge is -2.19. The first-order valence-electron chi connectivity index (χ1n) is 11.2. The Balaban J connectivity index is 1.70. The summed E-state index contributed by atoms with van der Waals surface area (Å²) in [7, 11) is -3.98. The van der Waals surface area contributed by atoms with Crippen molar-refractivity contribution < 1.29 is 35.2 Å². The van der Waals surface area contributed by atoms with E-state index in [1.165, 1.54) is 25.1 Å². The van der Waals surface area contributed by atoms with Gasteiger partial charge < -0.3 is 9.26 Å². The molecule has 4 aromatic rings. The average Bonchev–Trinajstić information content (AvgIpc) is 3.46. The Morgan fingerprint density at radius 3 is 2.54 bits per heavy atom. The molecule has 2 aromatic heterocycles. The van der Waals surface area contributed by atoms with E-state index in [4.69, 9.17) is 9.26 Å². The molecule has 0 spiro atoms. The summed E-state index contributed by atoms with van der Waals surface area (Å²) in [5.41, 5.74) is -2.22. The maximum atomic E-state index is 15.1. The number of halogens is 4. The normalized spacial score (nSPS) is 16.9. The molecule has 2 aromatic carbocycles. The lowest BCUT2D eigenvalue weighted by atomic mass is 10.00. The second kappa shape index (κ2) is 8.73. The van der Waals surface area contributed by atoms with Crippen molar-refractivity contribution in [2.24, 2.45) is 0 Å². The highest BCUT2D eigenvalue weighted by Crippen LogP contribution is 2.41. The Kier molecular flexibility index (Phi) is 5.90. The topological polar surface area (TPSA) is 108 Å². The molecular weight excluding hydrogens is 520 g/mol. The van der Waals surface area contributed by atoms with Crippen molar-refractivity contribution in [2.75, 3.05) is 12.4 Å². The first-order chi connectivity index (χ1) is 17.5. The number of ether oxygens (including phenoxy) is 1. The summed E-state index contributed by atoms with van der Waals surface area (Å²) < 4.78 is 97.8. The van der Waals surface area contributed by atoms with Crippen LogP contribution in [0, 0.1) is 11.6 Å².